The van der Waals surface area contributed by atoms with Gasteiger partial charge in [0.15, 0.2) is 11.5 Å². The van der Waals surface area contributed by atoms with Gasteiger partial charge >= 0.3 is 0 Å². The largest absolute Gasteiger partial charge is 0.493 e. The summed E-state index contributed by atoms with van der Waals surface area (Å²) in [7, 11) is 1.64. The molecular formula is C16H22BrNO2. The second-order valence-electron chi connectivity index (χ2n) is 4.81. The maximum Gasteiger partial charge on any atom is 0.162 e. The van der Waals surface area contributed by atoms with Gasteiger partial charge in [0.2, 0.25) is 0 Å². The van der Waals surface area contributed by atoms with Crippen molar-refractivity contribution in [3.63, 3.8) is 0 Å². The average Bonchev–Trinajstić information content (AvgIpc) is 2.46. The Morgan fingerprint density at radius 3 is 2.60 bits per heavy atom. The van der Waals surface area contributed by atoms with Gasteiger partial charge < -0.3 is 9.47 Å². The van der Waals surface area contributed by atoms with E-state index in [9.17, 15) is 0 Å². The van der Waals surface area contributed by atoms with E-state index in [4.69, 9.17) is 15.9 Å². The van der Waals surface area contributed by atoms with Gasteiger partial charge in [0.1, 0.15) is 6.61 Å². The smallest absolute Gasteiger partial charge is 0.162 e. The highest BCUT2D eigenvalue weighted by Gasteiger charge is 2.12. The van der Waals surface area contributed by atoms with Gasteiger partial charge in [-0.25, -0.2) is 0 Å². The van der Waals surface area contributed by atoms with Crippen LogP contribution in [0.2, 0.25) is 0 Å². The topological polar surface area (TPSA) is 21.7 Å². The third-order valence-corrected chi connectivity index (χ3v) is 3.39. The van der Waals surface area contributed by atoms with Crippen LogP contribution in [0.3, 0.4) is 0 Å². The van der Waals surface area contributed by atoms with E-state index in [2.05, 4.69) is 16.9 Å². The standard InChI is InChI=1S/C16H21NO2.BrH/c1-3-11-19-16-12-14(7-8-15(16)18-2)13-17-9-5-4-6-10-17;/h1,7-8,12H,4-6,9-11,13H2,2H3;1H. The van der Waals surface area contributed by atoms with Gasteiger partial charge in [-0.05, 0) is 43.6 Å². The summed E-state index contributed by atoms with van der Waals surface area (Å²) in [5, 5.41) is 0. The fourth-order valence-electron chi connectivity index (χ4n) is 2.43. The van der Waals surface area contributed by atoms with Crippen LogP contribution in [0.25, 0.3) is 0 Å². The SMILES string of the molecule is Br.C#CCOc1cc(CN2CCCCC2)ccc1OC. The number of halogens is 1. The second-order valence-corrected chi connectivity index (χ2v) is 4.81. The number of hydrogen-bond acceptors (Lipinski definition) is 3. The van der Waals surface area contributed by atoms with Crippen molar-refractivity contribution < 1.29 is 9.47 Å². The average molecular weight is 340 g/mol. The number of piperidine rings is 1. The number of ether oxygens (including phenoxy) is 2. The monoisotopic (exact) mass is 339 g/mol. The van der Waals surface area contributed by atoms with Crippen LogP contribution in [0.1, 0.15) is 24.8 Å². The zero-order valence-electron chi connectivity index (χ0n) is 11.9. The minimum atomic E-state index is 0. The van der Waals surface area contributed by atoms with Crippen LogP contribution in [0.5, 0.6) is 11.5 Å². The first-order valence-corrected chi connectivity index (χ1v) is 6.79. The summed E-state index contributed by atoms with van der Waals surface area (Å²) in [5.74, 6) is 3.95. The molecule has 0 unspecified atom stereocenters. The fourth-order valence-corrected chi connectivity index (χ4v) is 2.43. The Labute approximate surface area is 132 Å². The molecule has 0 atom stereocenters. The number of hydrogen-bond donors (Lipinski definition) is 0. The maximum absolute atomic E-state index is 5.53. The molecule has 0 bridgehead atoms. The molecule has 1 saturated heterocycles. The number of terminal acetylenes is 1. The van der Waals surface area contributed by atoms with E-state index in [1.54, 1.807) is 7.11 Å². The van der Waals surface area contributed by atoms with E-state index in [0.29, 0.717) is 0 Å². The molecule has 2 rings (SSSR count). The molecule has 1 heterocycles. The van der Waals surface area contributed by atoms with Crippen molar-refractivity contribution in [1.82, 2.24) is 4.90 Å². The Kier molecular flexibility index (Phi) is 7.50. The molecule has 0 spiro atoms. The third-order valence-electron chi connectivity index (χ3n) is 3.39. The maximum atomic E-state index is 5.53. The molecule has 110 valence electrons. The summed E-state index contributed by atoms with van der Waals surface area (Å²) in [5.41, 5.74) is 1.25. The van der Waals surface area contributed by atoms with Gasteiger partial charge in [-0.15, -0.1) is 23.4 Å². The number of benzene rings is 1. The lowest BCUT2D eigenvalue weighted by Crippen LogP contribution is -2.29. The van der Waals surface area contributed by atoms with Crippen LogP contribution in [0.4, 0.5) is 0 Å². The molecule has 0 amide bonds. The van der Waals surface area contributed by atoms with E-state index in [-0.39, 0.29) is 23.6 Å². The molecule has 1 aliphatic rings. The number of likely N-dealkylation sites (tertiary alicyclic amines) is 1. The molecule has 0 aromatic heterocycles. The van der Waals surface area contributed by atoms with Crippen LogP contribution in [0.15, 0.2) is 18.2 Å². The fraction of sp³-hybridized carbons (Fsp3) is 0.500. The molecule has 1 aromatic carbocycles. The minimum absolute atomic E-state index is 0. The Bertz CT molecular complexity index is 450. The van der Waals surface area contributed by atoms with Crippen molar-refractivity contribution in [3.8, 4) is 23.8 Å². The van der Waals surface area contributed by atoms with Crippen molar-refractivity contribution in [1.29, 1.82) is 0 Å². The zero-order valence-corrected chi connectivity index (χ0v) is 13.6. The number of rotatable bonds is 5. The molecular weight excluding hydrogens is 318 g/mol. The molecule has 0 saturated carbocycles. The van der Waals surface area contributed by atoms with E-state index < -0.39 is 0 Å². The van der Waals surface area contributed by atoms with Crippen molar-refractivity contribution >= 4 is 17.0 Å². The lowest BCUT2D eigenvalue weighted by Gasteiger charge is -2.26. The van der Waals surface area contributed by atoms with Gasteiger partial charge in [0.25, 0.3) is 0 Å². The van der Waals surface area contributed by atoms with Gasteiger partial charge in [0, 0.05) is 6.54 Å². The normalized spacial score (nSPS) is 15.0. The highest BCUT2D eigenvalue weighted by atomic mass is 79.9. The van der Waals surface area contributed by atoms with Crippen LogP contribution in [-0.2, 0) is 6.54 Å². The highest BCUT2D eigenvalue weighted by molar-refractivity contribution is 8.93. The first kappa shape index (κ1) is 16.9. The first-order chi connectivity index (χ1) is 9.33. The molecule has 0 N–H and O–H groups in total. The Balaban J connectivity index is 0.00000200. The van der Waals surface area contributed by atoms with E-state index >= 15 is 0 Å². The van der Waals surface area contributed by atoms with E-state index in [1.165, 1.54) is 37.9 Å². The van der Waals surface area contributed by atoms with Crippen LogP contribution < -0.4 is 9.47 Å². The van der Waals surface area contributed by atoms with Crippen molar-refractivity contribution in [2.75, 3.05) is 26.8 Å². The second kappa shape index (κ2) is 8.89. The third kappa shape index (κ3) is 4.73. The molecule has 1 fully saturated rings. The summed E-state index contributed by atoms with van der Waals surface area (Å²) in [4.78, 5) is 2.48. The van der Waals surface area contributed by atoms with Gasteiger partial charge in [-0.1, -0.05) is 18.4 Å². The van der Waals surface area contributed by atoms with Crippen molar-refractivity contribution in [2.45, 2.75) is 25.8 Å². The minimum Gasteiger partial charge on any atom is -0.493 e. The molecule has 1 aliphatic heterocycles. The van der Waals surface area contributed by atoms with Gasteiger partial charge in [-0.2, -0.15) is 0 Å². The molecule has 1 aromatic rings. The lowest BCUT2D eigenvalue weighted by molar-refractivity contribution is 0.220. The Morgan fingerprint density at radius 2 is 1.95 bits per heavy atom. The van der Waals surface area contributed by atoms with Crippen molar-refractivity contribution in [2.24, 2.45) is 0 Å². The summed E-state index contributed by atoms with van der Waals surface area (Å²) < 4.78 is 10.8. The van der Waals surface area contributed by atoms with E-state index in [0.717, 1.165) is 18.0 Å². The van der Waals surface area contributed by atoms with Crippen LogP contribution >= 0.6 is 17.0 Å². The van der Waals surface area contributed by atoms with E-state index in [1.807, 2.05) is 12.1 Å². The molecule has 0 aliphatic carbocycles. The van der Waals surface area contributed by atoms with Gasteiger partial charge in [0.05, 0.1) is 7.11 Å². The van der Waals surface area contributed by atoms with Crippen LogP contribution in [-0.4, -0.2) is 31.7 Å². The van der Waals surface area contributed by atoms with Gasteiger partial charge in [-0.3, -0.25) is 4.90 Å². The summed E-state index contributed by atoms with van der Waals surface area (Å²) in [6.45, 7) is 3.61. The highest BCUT2D eigenvalue weighted by Crippen LogP contribution is 2.28. The molecule has 0 radical (unpaired) electrons. The Hall–Kier alpha value is -1.18. The summed E-state index contributed by atoms with van der Waals surface area (Å²) in [6.07, 6.45) is 9.19. The van der Waals surface area contributed by atoms with Crippen molar-refractivity contribution in [3.05, 3.63) is 23.8 Å². The summed E-state index contributed by atoms with van der Waals surface area (Å²) >= 11 is 0. The zero-order chi connectivity index (χ0) is 13.5. The quantitative estimate of drug-likeness (QED) is 0.768. The summed E-state index contributed by atoms with van der Waals surface area (Å²) in [6, 6.07) is 6.08. The predicted octanol–water partition coefficient (Wildman–Crippen LogP) is 3.27. The number of nitrogens with zero attached hydrogens (tertiary/aromatic N) is 1. The molecule has 3 nitrogen and oxygen atoms in total. The first-order valence-electron chi connectivity index (χ1n) is 6.79. The Morgan fingerprint density at radius 1 is 1.20 bits per heavy atom. The van der Waals surface area contributed by atoms with Crippen LogP contribution in [0, 0.1) is 12.3 Å². The predicted molar refractivity (Wildman–Crippen MR) is 86.8 cm³/mol. The lowest BCUT2D eigenvalue weighted by atomic mass is 10.1. The molecule has 20 heavy (non-hydrogen) atoms. The molecule has 4 heteroatoms. The number of methoxy groups -OCH3 is 1.